The fourth-order valence-corrected chi connectivity index (χ4v) is 3.45. The molecule has 0 aliphatic rings. The Kier molecular flexibility index (Phi) is 3.86. The summed E-state index contributed by atoms with van der Waals surface area (Å²) in [5, 5.41) is 3.24. The summed E-state index contributed by atoms with van der Waals surface area (Å²) in [6.07, 6.45) is 3.31. The van der Waals surface area contributed by atoms with Crippen LogP contribution in [0.2, 0.25) is 5.02 Å². The molecule has 0 saturated heterocycles. The molecule has 2 aromatic heterocycles. The van der Waals surface area contributed by atoms with Gasteiger partial charge in [0, 0.05) is 29.0 Å². The fourth-order valence-electron chi connectivity index (χ4n) is 1.98. The van der Waals surface area contributed by atoms with Crippen molar-refractivity contribution >= 4 is 38.9 Å². The maximum Gasteiger partial charge on any atom is 0.263 e. The summed E-state index contributed by atoms with van der Waals surface area (Å²) >= 11 is 7.32. The Bertz CT molecular complexity index is 804. The van der Waals surface area contributed by atoms with Crippen molar-refractivity contribution < 1.29 is 9.18 Å². The predicted molar refractivity (Wildman–Crippen MR) is 82.2 cm³/mol. The monoisotopic (exact) mass is 320 g/mol. The summed E-state index contributed by atoms with van der Waals surface area (Å²) < 4.78 is 14.4. The minimum Gasteiger partial charge on any atom is -0.347 e. The molecule has 0 spiro atoms. The van der Waals surface area contributed by atoms with E-state index in [4.69, 9.17) is 11.6 Å². The third-order valence-electron chi connectivity index (χ3n) is 3.01. The molecular weight excluding hydrogens is 311 g/mol. The molecular formula is C15H10ClFN2OS. The van der Waals surface area contributed by atoms with E-state index in [1.165, 1.54) is 17.4 Å². The number of aromatic nitrogens is 1. The molecule has 2 heterocycles. The Labute approximate surface area is 129 Å². The molecule has 3 aromatic rings. The fraction of sp³-hybridized carbons (Fsp3) is 0.0667. The van der Waals surface area contributed by atoms with Gasteiger partial charge in [0.1, 0.15) is 10.7 Å². The van der Waals surface area contributed by atoms with Crippen LogP contribution in [0, 0.1) is 5.82 Å². The molecule has 0 unspecified atom stereocenters. The first-order valence-electron chi connectivity index (χ1n) is 6.20. The molecule has 3 nitrogen and oxygen atoms in total. The Hall–Kier alpha value is -1.98. The van der Waals surface area contributed by atoms with E-state index in [9.17, 15) is 9.18 Å². The quantitative estimate of drug-likeness (QED) is 0.792. The van der Waals surface area contributed by atoms with Crippen molar-refractivity contribution in [3.63, 3.8) is 0 Å². The van der Waals surface area contributed by atoms with Crippen LogP contribution in [0.1, 0.15) is 15.2 Å². The number of amides is 1. The highest BCUT2D eigenvalue weighted by molar-refractivity contribution is 7.21. The lowest BCUT2D eigenvalue weighted by molar-refractivity contribution is 0.0955. The summed E-state index contributed by atoms with van der Waals surface area (Å²) in [4.78, 5) is 16.4. The normalized spacial score (nSPS) is 10.8. The number of benzene rings is 1. The highest BCUT2D eigenvalue weighted by Crippen LogP contribution is 2.36. The molecule has 21 heavy (non-hydrogen) atoms. The summed E-state index contributed by atoms with van der Waals surface area (Å²) in [6, 6.07) is 8.30. The largest absolute Gasteiger partial charge is 0.347 e. The number of hydrogen-bond acceptors (Lipinski definition) is 3. The Morgan fingerprint density at radius 1 is 1.29 bits per heavy atom. The van der Waals surface area contributed by atoms with Crippen LogP contribution >= 0.6 is 22.9 Å². The van der Waals surface area contributed by atoms with Gasteiger partial charge < -0.3 is 5.32 Å². The minimum atomic E-state index is -0.415. The number of nitrogens with zero attached hydrogens (tertiary/aromatic N) is 1. The number of hydrogen-bond donors (Lipinski definition) is 1. The lowest BCUT2D eigenvalue weighted by atomic mass is 10.2. The maximum atomic E-state index is 13.8. The summed E-state index contributed by atoms with van der Waals surface area (Å²) in [5.41, 5.74) is 0.932. The summed E-state index contributed by atoms with van der Waals surface area (Å²) in [6.45, 7) is 0.369. The number of carbonyl (C=O) groups is 1. The molecule has 1 N–H and O–H groups in total. The van der Waals surface area contributed by atoms with Crippen molar-refractivity contribution in [2.75, 3.05) is 0 Å². The van der Waals surface area contributed by atoms with Gasteiger partial charge in [-0.15, -0.1) is 11.3 Å². The molecule has 0 atom stereocenters. The smallest absolute Gasteiger partial charge is 0.263 e. The summed E-state index contributed by atoms with van der Waals surface area (Å²) in [7, 11) is 0. The predicted octanol–water partition coefficient (Wildman–Crippen LogP) is 4.02. The van der Waals surface area contributed by atoms with Crippen LogP contribution in [-0.4, -0.2) is 10.9 Å². The third kappa shape index (κ3) is 2.75. The van der Waals surface area contributed by atoms with Gasteiger partial charge in [0.25, 0.3) is 5.91 Å². The molecule has 0 fully saturated rings. The van der Waals surface area contributed by atoms with E-state index in [1.807, 2.05) is 12.1 Å². The van der Waals surface area contributed by atoms with Crippen LogP contribution in [-0.2, 0) is 6.54 Å². The van der Waals surface area contributed by atoms with Crippen molar-refractivity contribution in [3.05, 3.63) is 64.0 Å². The molecule has 106 valence electrons. The molecule has 0 radical (unpaired) electrons. The van der Waals surface area contributed by atoms with Crippen LogP contribution in [0.4, 0.5) is 4.39 Å². The van der Waals surface area contributed by atoms with Gasteiger partial charge in [-0.25, -0.2) is 4.39 Å². The number of halogens is 2. The van der Waals surface area contributed by atoms with Gasteiger partial charge in [-0.2, -0.15) is 0 Å². The molecule has 0 aliphatic heterocycles. The van der Waals surface area contributed by atoms with E-state index in [1.54, 1.807) is 24.5 Å². The summed E-state index contributed by atoms with van der Waals surface area (Å²) in [5.74, 6) is -0.723. The van der Waals surface area contributed by atoms with Crippen LogP contribution < -0.4 is 5.32 Å². The second kappa shape index (κ2) is 5.79. The molecule has 6 heteroatoms. The van der Waals surface area contributed by atoms with E-state index in [0.717, 1.165) is 5.56 Å². The van der Waals surface area contributed by atoms with Gasteiger partial charge in [-0.05, 0) is 29.8 Å². The highest BCUT2D eigenvalue weighted by atomic mass is 35.5. The van der Waals surface area contributed by atoms with E-state index in [0.29, 0.717) is 21.5 Å². The Balaban J connectivity index is 1.85. The van der Waals surface area contributed by atoms with E-state index >= 15 is 0 Å². The number of carbonyl (C=O) groups excluding carboxylic acids is 1. The van der Waals surface area contributed by atoms with Crippen molar-refractivity contribution in [3.8, 4) is 0 Å². The SMILES string of the molecule is O=C(NCc1ccncc1)c1sc2cccc(F)c2c1Cl. The number of pyridine rings is 1. The average Bonchev–Trinajstić information content (AvgIpc) is 2.84. The zero-order chi connectivity index (χ0) is 14.8. The van der Waals surface area contributed by atoms with Gasteiger partial charge in [0.2, 0.25) is 0 Å². The van der Waals surface area contributed by atoms with Gasteiger partial charge in [0.15, 0.2) is 0 Å². The molecule has 0 bridgehead atoms. The molecule has 1 aromatic carbocycles. The number of nitrogens with one attached hydrogen (secondary N) is 1. The second-order valence-corrected chi connectivity index (χ2v) is 5.83. The van der Waals surface area contributed by atoms with Gasteiger partial charge in [0.05, 0.1) is 5.02 Å². The van der Waals surface area contributed by atoms with Crippen molar-refractivity contribution in [2.24, 2.45) is 0 Å². The second-order valence-electron chi connectivity index (χ2n) is 4.40. The third-order valence-corrected chi connectivity index (χ3v) is 4.66. The van der Waals surface area contributed by atoms with Crippen LogP contribution in [0.25, 0.3) is 10.1 Å². The first kappa shape index (κ1) is 14.0. The van der Waals surface area contributed by atoms with Crippen molar-refractivity contribution in [2.45, 2.75) is 6.54 Å². The van der Waals surface area contributed by atoms with Crippen molar-refractivity contribution in [1.82, 2.24) is 10.3 Å². The lowest BCUT2D eigenvalue weighted by Crippen LogP contribution is -2.22. The van der Waals surface area contributed by atoms with E-state index in [2.05, 4.69) is 10.3 Å². The lowest BCUT2D eigenvalue weighted by Gasteiger charge is -2.03. The van der Waals surface area contributed by atoms with E-state index in [-0.39, 0.29) is 10.9 Å². The minimum absolute atomic E-state index is 0.167. The molecule has 1 amide bonds. The topological polar surface area (TPSA) is 42.0 Å². The standard InChI is InChI=1S/C15H10ClFN2OS/c16-13-12-10(17)2-1-3-11(12)21-14(13)15(20)19-8-9-4-6-18-7-5-9/h1-7H,8H2,(H,19,20). The highest BCUT2D eigenvalue weighted by Gasteiger charge is 2.19. The molecule has 3 rings (SSSR count). The number of fused-ring (bicyclic) bond motifs is 1. The molecule has 0 saturated carbocycles. The van der Waals surface area contributed by atoms with Crippen LogP contribution in [0.5, 0.6) is 0 Å². The Morgan fingerprint density at radius 3 is 2.76 bits per heavy atom. The average molecular weight is 321 g/mol. The zero-order valence-corrected chi connectivity index (χ0v) is 12.3. The zero-order valence-electron chi connectivity index (χ0n) is 10.8. The molecule has 0 aliphatic carbocycles. The first-order valence-corrected chi connectivity index (χ1v) is 7.40. The van der Waals surface area contributed by atoms with Crippen molar-refractivity contribution in [1.29, 1.82) is 0 Å². The van der Waals surface area contributed by atoms with Crippen LogP contribution in [0.3, 0.4) is 0 Å². The Morgan fingerprint density at radius 2 is 2.05 bits per heavy atom. The maximum absolute atomic E-state index is 13.8. The van der Waals surface area contributed by atoms with Crippen LogP contribution in [0.15, 0.2) is 42.7 Å². The number of rotatable bonds is 3. The van der Waals surface area contributed by atoms with Gasteiger partial charge in [-0.3, -0.25) is 9.78 Å². The first-order chi connectivity index (χ1) is 10.2. The van der Waals surface area contributed by atoms with Gasteiger partial charge in [-0.1, -0.05) is 17.7 Å². The van der Waals surface area contributed by atoms with E-state index < -0.39 is 5.82 Å². The number of thiophene rings is 1. The van der Waals surface area contributed by atoms with Gasteiger partial charge >= 0.3 is 0 Å².